The predicted molar refractivity (Wildman–Crippen MR) is 85.0 cm³/mol. The van der Waals surface area contributed by atoms with E-state index in [2.05, 4.69) is 20.6 Å². The van der Waals surface area contributed by atoms with Gasteiger partial charge in [0.1, 0.15) is 5.76 Å². The van der Waals surface area contributed by atoms with Crippen LogP contribution in [-0.2, 0) is 6.54 Å². The Morgan fingerprint density at radius 3 is 3.00 bits per heavy atom. The van der Waals surface area contributed by atoms with Gasteiger partial charge in [-0.1, -0.05) is 0 Å². The summed E-state index contributed by atoms with van der Waals surface area (Å²) in [6, 6.07) is 6.03. The lowest BCUT2D eigenvalue weighted by molar-refractivity contribution is 0.0995. The van der Waals surface area contributed by atoms with Crippen LogP contribution in [-0.4, -0.2) is 15.9 Å². The van der Waals surface area contributed by atoms with Crippen LogP contribution >= 0.6 is 11.3 Å². The summed E-state index contributed by atoms with van der Waals surface area (Å²) in [5.74, 6) is -0.0365. The van der Waals surface area contributed by atoms with Crippen molar-refractivity contribution >= 4 is 28.2 Å². The molecule has 118 valence electrons. The molecule has 0 aliphatic rings. The van der Waals surface area contributed by atoms with Crippen LogP contribution in [0.25, 0.3) is 0 Å². The third-order valence-corrected chi connectivity index (χ3v) is 3.79. The number of furan rings is 1. The minimum atomic E-state index is -0.448. The zero-order valence-corrected chi connectivity index (χ0v) is 13.0. The number of halogens is 1. The first-order chi connectivity index (χ1) is 11.1. The number of aromatic nitrogens is 2. The molecular weight excluding hydrogens is 319 g/mol. The quantitative estimate of drug-likeness (QED) is 0.748. The Balaban J connectivity index is 1.61. The fourth-order valence-electron chi connectivity index (χ4n) is 1.85. The molecule has 0 atom stereocenters. The zero-order chi connectivity index (χ0) is 16.2. The van der Waals surface area contributed by atoms with Gasteiger partial charge in [-0.3, -0.25) is 10.1 Å². The average Bonchev–Trinajstić information content (AvgIpc) is 3.16. The molecule has 0 bridgehead atoms. The first-order valence-corrected chi connectivity index (χ1v) is 7.66. The maximum Gasteiger partial charge on any atom is 0.293 e. The Morgan fingerprint density at radius 1 is 1.39 bits per heavy atom. The van der Waals surface area contributed by atoms with Crippen molar-refractivity contribution in [3.05, 3.63) is 58.9 Å². The van der Waals surface area contributed by atoms with E-state index >= 15 is 0 Å². The summed E-state index contributed by atoms with van der Waals surface area (Å²) < 4.78 is 18.9. The van der Waals surface area contributed by atoms with Crippen molar-refractivity contribution in [2.24, 2.45) is 0 Å². The molecule has 8 heteroatoms. The van der Waals surface area contributed by atoms with Gasteiger partial charge in [0.2, 0.25) is 0 Å². The van der Waals surface area contributed by atoms with Gasteiger partial charge in [-0.15, -0.1) is 11.3 Å². The Hall–Kier alpha value is -2.74. The summed E-state index contributed by atoms with van der Waals surface area (Å²) in [7, 11) is 0. The molecule has 1 amide bonds. The van der Waals surface area contributed by atoms with Crippen molar-refractivity contribution in [1.82, 2.24) is 9.97 Å². The maximum absolute atomic E-state index is 13.4. The van der Waals surface area contributed by atoms with Crippen LogP contribution in [0.2, 0.25) is 0 Å². The number of thiazole rings is 1. The van der Waals surface area contributed by atoms with E-state index < -0.39 is 5.82 Å². The highest BCUT2D eigenvalue weighted by Gasteiger charge is 2.13. The summed E-state index contributed by atoms with van der Waals surface area (Å²) in [4.78, 5) is 20.1. The largest absolute Gasteiger partial charge is 0.454 e. The number of carbonyl (C=O) groups excluding carboxylic acids is 1. The van der Waals surface area contributed by atoms with Gasteiger partial charge in [0, 0.05) is 11.6 Å². The molecule has 0 aliphatic carbocycles. The van der Waals surface area contributed by atoms with E-state index in [0.717, 1.165) is 5.69 Å². The summed E-state index contributed by atoms with van der Waals surface area (Å²) in [6.45, 7) is 2.07. The summed E-state index contributed by atoms with van der Waals surface area (Å²) in [6.07, 6.45) is 1.49. The zero-order valence-electron chi connectivity index (χ0n) is 12.2. The number of amides is 1. The third-order valence-electron chi connectivity index (χ3n) is 2.91. The first kappa shape index (κ1) is 15.2. The maximum atomic E-state index is 13.4. The normalized spacial score (nSPS) is 10.5. The molecule has 3 aromatic rings. The molecule has 0 fully saturated rings. The molecule has 0 unspecified atom stereocenters. The van der Waals surface area contributed by atoms with E-state index in [1.165, 1.54) is 29.7 Å². The topological polar surface area (TPSA) is 80.0 Å². The van der Waals surface area contributed by atoms with Crippen LogP contribution in [0.5, 0.6) is 0 Å². The van der Waals surface area contributed by atoms with Gasteiger partial charge in [-0.2, -0.15) is 0 Å². The second-order valence-electron chi connectivity index (χ2n) is 4.70. The number of aryl methyl sites for hydroxylation is 1. The molecule has 0 radical (unpaired) electrons. The molecule has 0 saturated heterocycles. The SMILES string of the molecule is Cc1csc(NC(=O)c2ccc(CNc3ncccc3F)o2)n1. The molecule has 3 rings (SSSR count). The van der Waals surface area contributed by atoms with Gasteiger partial charge in [0.15, 0.2) is 22.5 Å². The highest BCUT2D eigenvalue weighted by molar-refractivity contribution is 7.13. The lowest BCUT2D eigenvalue weighted by Gasteiger charge is -2.03. The molecule has 3 heterocycles. The predicted octanol–water partition coefficient (Wildman–Crippen LogP) is 3.44. The van der Waals surface area contributed by atoms with Gasteiger partial charge in [-0.05, 0) is 31.2 Å². The van der Waals surface area contributed by atoms with Crippen LogP contribution < -0.4 is 10.6 Å². The van der Waals surface area contributed by atoms with Crippen molar-refractivity contribution in [1.29, 1.82) is 0 Å². The minimum Gasteiger partial charge on any atom is -0.454 e. The number of pyridine rings is 1. The third kappa shape index (κ3) is 3.72. The highest BCUT2D eigenvalue weighted by atomic mass is 32.1. The number of hydrogen-bond acceptors (Lipinski definition) is 6. The van der Waals surface area contributed by atoms with Crippen molar-refractivity contribution < 1.29 is 13.6 Å². The van der Waals surface area contributed by atoms with Crippen molar-refractivity contribution in [2.75, 3.05) is 10.6 Å². The number of nitrogens with zero attached hydrogens (tertiary/aromatic N) is 2. The van der Waals surface area contributed by atoms with Crippen LogP contribution in [0.4, 0.5) is 15.3 Å². The van der Waals surface area contributed by atoms with E-state index in [-0.39, 0.29) is 24.0 Å². The molecule has 0 aromatic carbocycles. The first-order valence-electron chi connectivity index (χ1n) is 6.78. The Kier molecular flexibility index (Phi) is 4.33. The van der Waals surface area contributed by atoms with Gasteiger partial charge >= 0.3 is 0 Å². The fraction of sp³-hybridized carbons (Fsp3) is 0.133. The molecule has 0 spiro atoms. The van der Waals surface area contributed by atoms with Gasteiger partial charge < -0.3 is 9.73 Å². The minimum absolute atomic E-state index is 0.133. The fourth-order valence-corrected chi connectivity index (χ4v) is 2.53. The standard InChI is InChI=1S/C15H13FN4O2S/c1-9-8-23-15(19-9)20-14(21)12-5-4-10(22-12)7-18-13-11(16)3-2-6-17-13/h2-6,8H,7H2,1H3,(H,17,18)(H,19,20,21). The van der Waals surface area contributed by atoms with E-state index in [9.17, 15) is 9.18 Å². The Morgan fingerprint density at radius 2 is 2.26 bits per heavy atom. The van der Waals surface area contributed by atoms with Gasteiger partial charge in [0.05, 0.1) is 12.2 Å². The number of hydrogen-bond donors (Lipinski definition) is 2. The summed E-state index contributed by atoms with van der Waals surface area (Å²) >= 11 is 1.34. The van der Waals surface area contributed by atoms with Crippen molar-refractivity contribution in [2.45, 2.75) is 13.5 Å². The highest BCUT2D eigenvalue weighted by Crippen LogP contribution is 2.17. The second-order valence-corrected chi connectivity index (χ2v) is 5.56. The Bertz CT molecular complexity index is 830. The van der Waals surface area contributed by atoms with E-state index in [4.69, 9.17) is 4.42 Å². The molecule has 2 N–H and O–H groups in total. The average molecular weight is 332 g/mol. The summed E-state index contributed by atoms with van der Waals surface area (Å²) in [5.41, 5.74) is 0.840. The molecule has 0 aliphatic heterocycles. The number of carbonyl (C=O) groups is 1. The van der Waals surface area contributed by atoms with E-state index in [1.54, 1.807) is 12.1 Å². The van der Waals surface area contributed by atoms with Gasteiger partial charge in [-0.25, -0.2) is 14.4 Å². The molecule has 0 saturated carbocycles. The second kappa shape index (κ2) is 6.57. The molecule has 23 heavy (non-hydrogen) atoms. The van der Waals surface area contributed by atoms with E-state index in [1.807, 2.05) is 12.3 Å². The van der Waals surface area contributed by atoms with Crippen molar-refractivity contribution in [3.8, 4) is 0 Å². The number of nitrogens with one attached hydrogen (secondary N) is 2. The number of rotatable bonds is 5. The van der Waals surface area contributed by atoms with Crippen LogP contribution in [0.3, 0.4) is 0 Å². The number of anilines is 2. The molecule has 3 aromatic heterocycles. The van der Waals surface area contributed by atoms with Crippen molar-refractivity contribution in [3.63, 3.8) is 0 Å². The van der Waals surface area contributed by atoms with Crippen LogP contribution in [0, 0.1) is 12.7 Å². The smallest absolute Gasteiger partial charge is 0.293 e. The van der Waals surface area contributed by atoms with E-state index in [0.29, 0.717) is 10.9 Å². The monoisotopic (exact) mass is 332 g/mol. The lowest BCUT2D eigenvalue weighted by atomic mass is 10.4. The molecule has 6 nitrogen and oxygen atoms in total. The van der Waals surface area contributed by atoms with Gasteiger partial charge in [0.25, 0.3) is 5.91 Å². The summed E-state index contributed by atoms with van der Waals surface area (Å²) in [5, 5.41) is 7.82. The van der Waals surface area contributed by atoms with Crippen LogP contribution in [0.1, 0.15) is 22.0 Å². The van der Waals surface area contributed by atoms with Crippen LogP contribution in [0.15, 0.2) is 40.3 Å². The lowest BCUT2D eigenvalue weighted by Crippen LogP contribution is -2.10. The Labute approximate surface area is 135 Å². The molecular formula is C15H13FN4O2S.